The van der Waals surface area contributed by atoms with Gasteiger partial charge in [0.1, 0.15) is 12.1 Å². The molecule has 294 valence electrons. The van der Waals surface area contributed by atoms with E-state index in [9.17, 15) is 29.2 Å². The van der Waals surface area contributed by atoms with Gasteiger partial charge in [-0.25, -0.2) is 19.6 Å². The Kier molecular flexibility index (Phi) is 11.9. The van der Waals surface area contributed by atoms with E-state index < -0.39 is 60.6 Å². The van der Waals surface area contributed by atoms with Crippen molar-refractivity contribution < 1.29 is 52.4 Å². The van der Waals surface area contributed by atoms with Crippen molar-refractivity contribution in [3.8, 4) is 23.1 Å². The molecule has 1 amide bonds. The molecule has 1 aliphatic heterocycles. The van der Waals surface area contributed by atoms with E-state index in [0.717, 1.165) is 53.6 Å². The van der Waals surface area contributed by atoms with Gasteiger partial charge in [-0.05, 0) is 37.0 Å². The topological polar surface area (TPSA) is 216 Å². The minimum atomic E-state index is -1.68. The molecule has 6 rings (SSSR count). The molecule has 2 aliphatic rings. The van der Waals surface area contributed by atoms with Gasteiger partial charge in [-0.15, -0.1) is 0 Å². The molecule has 18 heteroatoms. The number of carbonyl (C=O) groups excluding carboxylic acids is 5. The summed E-state index contributed by atoms with van der Waals surface area (Å²) in [6.07, 6.45) is 3.17. The van der Waals surface area contributed by atoms with E-state index in [1.807, 2.05) is 10.9 Å². The van der Waals surface area contributed by atoms with Gasteiger partial charge in [0.25, 0.3) is 0 Å². The van der Waals surface area contributed by atoms with Crippen LogP contribution in [0.1, 0.15) is 58.9 Å². The summed E-state index contributed by atoms with van der Waals surface area (Å²) in [6, 6.07) is 9.80. The SMILES string of the molecule is COC(=O)[C@H]1O[C@@H](Oc2ccccc2N(C)C(=O)n2ccc3c(-c4cnn([C@H](CC#N)C5CCCC5)c4)ncnc32)[C@H](OC(C)=O)[C@@H](OC(C)=O)[C@@H]1OC(C)=O. The number of rotatable bonds is 11. The number of para-hydroxylation sites is 2. The van der Waals surface area contributed by atoms with Crippen molar-refractivity contribution in [2.45, 2.75) is 89.6 Å². The van der Waals surface area contributed by atoms with E-state index >= 15 is 0 Å². The maximum Gasteiger partial charge on any atom is 0.339 e. The van der Waals surface area contributed by atoms with E-state index in [1.165, 1.54) is 28.9 Å². The molecule has 1 saturated carbocycles. The third-order valence-corrected chi connectivity index (χ3v) is 9.74. The van der Waals surface area contributed by atoms with Crippen LogP contribution in [0.25, 0.3) is 22.3 Å². The summed E-state index contributed by atoms with van der Waals surface area (Å²) in [5.41, 5.74) is 1.80. The average Bonchev–Trinajstić information content (AvgIpc) is 3.97. The largest absolute Gasteiger partial charge is 0.467 e. The van der Waals surface area contributed by atoms with Gasteiger partial charge in [0.2, 0.25) is 12.4 Å². The number of anilines is 1. The van der Waals surface area contributed by atoms with Crippen LogP contribution in [0.5, 0.6) is 5.75 Å². The standard InChI is InChI=1S/C38H41N7O11/c1-21(46)52-31-32(53-22(2)47)34(54-23(3)48)37(56-33(31)36(49)51-5)55-29-13-9-8-12-28(29)43(4)38(50)44-17-15-26-30(40-20-41-35(26)44)25-18-42-45(19-25)27(14-16-39)24-10-6-7-11-24/h8-9,12-13,15,17-20,24,27,31-34,37H,6-7,10-11,14H2,1-5H3/t27-,31+,32+,33+,34-,37-/m1/s1. The molecule has 1 aromatic carbocycles. The average molecular weight is 772 g/mol. The molecule has 0 bridgehead atoms. The number of nitriles is 1. The van der Waals surface area contributed by atoms with Crippen molar-refractivity contribution in [3.05, 3.63) is 55.2 Å². The number of esters is 4. The third-order valence-electron chi connectivity index (χ3n) is 9.74. The molecular formula is C38H41N7O11. The number of nitrogens with zero attached hydrogens (tertiary/aromatic N) is 7. The molecule has 1 saturated heterocycles. The zero-order chi connectivity index (χ0) is 40.1. The van der Waals surface area contributed by atoms with Crippen LogP contribution < -0.4 is 9.64 Å². The van der Waals surface area contributed by atoms with Gasteiger partial charge in [0.15, 0.2) is 24.0 Å². The Hall–Kier alpha value is -6.35. The Morgan fingerprint density at radius 3 is 2.32 bits per heavy atom. The minimum absolute atomic E-state index is 0.0370. The second kappa shape index (κ2) is 17.0. The summed E-state index contributed by atoms with van der Waals surface area (Å²) in [7, 11) is 2.58. The number of ether oxygens (including phenoxy) is 6. The first-order chi connectivity index (χ1) is 26.9. The normalized spacial score (nSPS) is 21.4. The molecule has 1 aliphatic carbocycles. The molecule has 0 unspecified atom stereocenters. The van der Waals surface area contributed by atoms with Crippen LogP contribution in [0, 0.1) is 17.2 Å². The fourth-order valence-corrected chi connectivity index (χ4v) is 7.29. The highest BCUT2D eigenvalue weighted by atomic mass is 16.7. The van der Waals surface area contributed by atoms with Gasteiger partial charge in [-0.1, -0.05) is 25.0 Å². The number of benzene rings is 1. The summed E-state index contributed by atoms with van der Waals surface area (Å²) in [6.45, 7) is 3.25. The second-order valence-corrected chi connectivity index (χ2v) is 13.4. The van der Waals surface area contributed by atoms with Crippen LogP contribution in [-0.4, -0.2) is 99.1 Å². The van der Waals surface area contributed by atoms with Gasteiger partial charge >= 0.3 is 29.9 Å². The number of fused-ring (bicyclic) bond motifs is 1. The maximum atomic E-state index is 14.2. The maximum absolute atomic E-state index is 14.2. The van der Waals surface area contributed by atoms with Crippen molar-refractivity contribution in [2.75, 3.05) is 19.1 Å². The van der Waals surface area contributed by atoms with Crippen LogP contribution >= 0.6 is 0 Å². The predicted molar refractivity (Wildman–Crippen MR) is 194 cm³/mol. The van der Waals surface area contributed by atoms with Crippen LogP contribution in [0.3, 0.4) is 0 Å². The quantitative estimate of drug-likeness (QED) is 0.155. The van der Waals surface area contributed by atoms with Crippen LogP contribution in [-0.2, 0) is 42.9 Å². The van der Waals surface area contributed by atoms with Crippen LogP contribution in [0.15, 0.2) is 55.2 Å². The number of methoxy groups -OCH3 is 1. The number of aromatic nitrogens is 5. The Morgan fingerprint density at radius 2 is 1.64 bits per heavy atom. The van der Waals surface area contributed by atoms with E-state index in [0.29, 0.717) is 34.6 Å². The van der Waals surface area contributed by atoms with Gasteiger partial charge < -0.3 is 28.4 Å². The Bertz CT molecular complexity index is 2150. The first kappa shape index (κ1) is 39.3. The summed E-state index contributed by atoms with van der Waals surface area (Å²) in [4.78, 5) is 74.0. The Balaban J connectivity index is 1.30. The van der Waals surface area contributed by atoms with Crippen molar-refractivity contribution >= 4 is 46.6 Å². The molecule has 4 aromatic rings. The predicted octanol–water partition coefficient (Wildman–Crippen LogP) is 4.12. The second-order valence-electron chi connectivity index (χ2n) is 13.4. The zero-order valence-corrected chi connectivity index (χ0v) is 31.4. The molecule has 3 aromatic heterocycles. The molecular weight excluding hydrogens is 730 g/mol. The number of hydrogen-bond acceptors (Lipinski definition) is 15. The zero-order valence-electron chi connectivity index (χ0n) is 31.4. The number of hydrogen-bond donors (Lipinski definition) is 0. The third kappa shape index (κ3) is 8.17. The van der Waals surface area contributed by atoms with Crippen molar-refractivity contribution in [1.29, 1.82) is 5.26 Å². The fraction of sp³-hybridized carbons (Fsp3) is 0.447. The lowest BCUT2D eigenvalue weighted by molar-refractivity contribution is -0.282. The highest BCUT2D eigenvalue weighted by Gasteiger charge is 2.56. The first-order valence-corrected chi connectivity index (χ1v) is 17.9. The fourth-order valence-electron chi connectivity index (χ4n) is 7.29. The summed E-state index contributed by atoms with van der Waals surface area (Å²) >= 11 is 0. The van der Waals surface area contributed by atoms with E-state index in [2.05, 4.69) is 21.1 Å². The minimum Gasteiger partial charge on any atom is -0.467 e. The van der Waals surface area contributed by atoms with Gasteiger partial charge in [-0.2, -0.15) is 10.4 Å². The van der Waals surface area contributed by atoms with Crippen molar-refractivity contribution in [1.82, 2.24) is 24.3 Å². The molecule has 56 heavy (non-hydrogen) atoms. The van der Waals surface area contributed by atoms with E-state index in [1.54, 1.807) is 36.7 Å². The number of carbonyl (C=O) groups is 5. The number of amides is 1. The van der Waals surface area contributed by atoms with E-state index in [-0.39, 0.29) is 17.5 Å². The Labute approximate surface area is 321 Å². The molecule has 4 heterocycles. The van der Waals surface area contributed by atoms with Crippen molar-refractivity contribution in [3.63, 3.8) is 0 Å². The first-order valence-electron chi connectivity index (χ1n) is 17.9. The van der Waals surface area contributed by atoms with Crippen LogP contribution in [0.4, 0.5) is 10.5 Å². The summed E-state index contributed by atoms with van der Waals surface area (Å²) < 4.78 is 36.5. The lowest BCUT2D eigenvalue weighted by atomic mass is 9.96. The summed E-state index contributed by atoms with van der Waals surface area (Å²) in [5, 5.41) is 14.7. The molecule has 2 fully saturated rings. The molecule has 0 N–H and O–H groups in total. The molecule has 18 nitrogen and oxygen atoms in total. The van der Waals surface area contributed by atoms with Gasteiger partial charge in [0.05, 0.1) is 43.2 Å². The summed E-state index contributed by atoms with van der Waals surface area (Å²) in [5.74, 6) is -3.10. The molecule has 0 radical (unpaired) electrons. The van der Waals surface area contributed by atoms with Crippen molar-refractivity contribution in [2.24, 2.45) is 5.92 Å². The molecule has 0 spiro atoms. The van der Waals surface area contributed by atoms with Gasteiger partial charge in [0, 0.05) is 51.2 Å². The lowest BCUT2D eigenvalue weighted by Crippen LogP contribution is -2.64. The monoisotopic (exact) mass is 771 g/mol. The van der Waals surface area contributed by atoms with Crippen LogP contribution in [0.2, 0.25) is 0 Å². The Morgan fingerprint density at radius 1 is 0.964 bits per heavy atom. The highest BCUT2D eigenvalue weighted by molar-refractivity contribution is 6.02. The molecule has 6 atom stereocenters. The lowest BCUT2D eigenvalue weighted by Gasteiger charge is -2.43. The van der Waals surface area contributed by atoms with Gasteiger partial charge in [-0.3, -0.25) is 28.5 Å². The van der Waals surface area contributed by atoms with E-state index in [4.69, 9.17) is 28.4 Å². The smallest absolute Gasteiger partial charge is 0.339 e. The highest BCUT2D eigenvalue weighted by Crippen LogP contribution is 2.38.